The van der Waals surface area contributed by atoms with E-state index in [1.54, 1.807) is 43.9 Å². The van der Waals surface area contributed by atoms with Crippen LogP contribution in [0.15, 0.2) is 47.4 Å². The van der Waals surface area contributed by atoms with E-state index in [-0.39, 0.29) is 11.9 Å². The number of urea groups is 1. The van der Waals surface area contributed by atoms with Crippen molar-refractivity contribution < 1.29 is 9.59 Å². The summed E-state index contributed by atoms with van der Waals surface area (Å²) in [6, 6.07) is 13.0. The maximum atomic E-state index is 12.1. The molecule has 126 valence electrons. The Bertz CT molecular complexity index is 730. The Hall–Kier alpha value is -2.47. The SMILES string of the molecule is CNC(=O)c1cccc(NC(=O)NCc2ccc(SC)cc2)c1C. The van der Waals surface area contributed by atoms with Gasteiger partial charge in [0.05, 0.1) is 0 Å². The molecular formula is C18H21N3O2S. The van der Waals surface area contributed by atoms with Gasteiger partial charge in [-0.05, 0) is 48.6 Å². The van der Waals surface area contributed by atoms with E-state index in [0.29, 0.717) is 17.8 Å². The van der Waals surface area contributed by atoms with E-state index in [1.807, 2.05) is 30.5 Å². The molecule has 3 N–H and O–H groups in total. The molecule has 0 aliphatic heterocycles. The molecule has 0 fully saturated rings. The summed E-state index contributed by atoms with van der Waals surface area (Å²) in [5.74, 6) is -0.176. The minimum Gasteiger partial charge on any atom is -0.355 e. The molecule has 0 heterocycles. The Morgan fingerprint density at radius 3 is 2.42 bits per heavy atom. The quantitative estimate of drug-likeness (QED) is 0.729. The number of nitrogens with one attached hydrogen (secondary N) is 3. The van der Waals surface area contributed by atoms with Crippen molar-refractivity contribution in [1.29, 1.82) is 0 Å². The summed E-state index contributed by atoms with van der Waals surface area (Å²) in [6.45, 7) is 2.25. The molecular weight excluding hydrogens is 322 g/mol. The molecule has 0 aromatic heterocycles. The van der Waals surface area contributed by atoms with Crippen LogP contribution in [0.25, 0.3) is 0 Å². The lowest BCUT2D eigenvalue weighted by Gasteiger charge is -2.12. The number of rotatable bonds is 5. The number of thioether (sulfide) groups is 1. The highest BCUT2D eigenvalue weighted by molar-refractivity contribution is 7.98. The van der Waals surface area contributed by atoms with E-state index in [2.05, 4.69) is 16.0 Å². The molecule has 2 rings (SSSR count). The average molecular weight is 343 g/mol. The smallest absolute Gasteiger partial charge is 0.319 e. The number of anilines is 1. The van der Waals surface area contributed by atoms with E-state index in [9.17, 15) is 9.59 Å². The summed E-state index contributed by atoms with van der Waals surface area (Å²) in [5.41, 5.74) is 2.92. The first-order chi connectivity index (χ1) is 11.5. The van der Waals surface area contributed by atoms with Crippen molar-refractivity contribution in [3.63, 3.8) is 0 Å². The van der Waals surface area contributed by atoms with E-state index in [0.717, 1.165) is 11.1 Å². The summed E-state index contributed by atoms with van der Waals surface area (Å²) in [4.78, 5) is 25.1. The second-order valence-electron chi connectivity index (χ2n) is 5.21. The third-order valence-electron chi connectivity index (χ3n) is 3.67. The fourth-order valence-corrected chi connectivity index (χ4v) is 2.65. The van der Waals surface area contributed by atoms with Gasteiger partial charge in [-0.2, -0.15) is 0 Å². The molecule has 0 spiro atoms. The predicted molar refractivity (Wildman–Crippen MR) is 98.7 cm³/mol. The normalized spacial score (nSPS) is 10.1. The summed E-state index contributed by atoms with van der Waals surface area (Å²) < 4.78 is 0. The van der Waals surface area contributed by atoms with E-state index in [4.69, 9.17) is 0 Å². The maximum Gasteiger partial charge on any atom is 0.319 e. The van der Waals surface area contributed by atoms with Crippen LogP contribution in [0.2, 0.25) is 0 Å². The van der Waals surface area contributed by atoms with Gasteiger partial charge in [-0.3, -0.25) is 4.79 Å². The lowest BCUT2D eigenvalue weighted by molar-refractivity contribution is 0.0962. The number of amides is 3. The average Bonchev–Trinajstić information content (AvgIpc) is 2.61. The van der Waals surface area contributed by atoms with Gasteiger partial charge >= 0.3 is 6.03 Å². The van der Waals surface area contributed by atoms with Crippen LogP contribution >= 0.6 is 11.8 Å². The molecule has 24 heavy (non-hydrogen) atoms. The highest BCUT2D eigenvalue weighted by Gasteiger charge is 2.11. The Labute approximate surface area is 146 Å². The summed E-state index contributed by atoms with van der Waals surface area (Å²) in [6.07, 6.45) is 2.02. The number of benzene rings is 2. The fourth-order valence-electron chi connectivity index (χ4n) is 2.24. The first-order valence-corrected chi connectivity index (χ1v) is 8.77. The van der Waals surface area contributed by atoms with Crippen molar-refractivity contribution in [3.05, 3.63) is 59.2 Å². The second-order valence-corrected chi connectivity index (χ2v) is 6.09. The summed E-state index contributed by atoms with van der Waals surface area (Å²) >= 11 is 1.68. The highest BCUT2D eigenvalue weighted by atomic mass is 32.2. The molecule has 2 aromatic carbocycles. The van der Waals surface area contributed by atoms with Gasteiger partial charge in [0.25, 0.3) is 5.91 Å². The van der Waals surface area contributed by atoms with Gasteiger partial charge in [-0.15, -0.1) is 11.8 Å². The molecule has 2 aromatic rings. The topological polar surface area (TPSA) is 70.2 Å². The Kier molecular flexibility index (Phi) is 6.26. The Morgan fingerprint density at radius 2 is 1.79 bits per heavy atom. The first-order valence-electron chi connectivity index (χ1n) is 7.54. The van der Waals surface area contributed by atoms with Crippen LogP contribution in [-0.4, -0.2) is 25.2 Å². The van der Waals surface area contributed by atoms with Crippen molar-refractivity contribution in [2.24, 2.45) is 0 Å². The van der Waals surface area contributed by atoms with Gasteiger partial charge in [0, 0.05) is 29.7 Å². The molecule has 0 aliphatic rings. The number of carbonyl (C=O) groups is 2. The van der Waals surface area contributed by atoms with Gasteiger partial charge in [-0.25, -0.2) is 4.79 Å². The lowest BCUT2D eigenvalue weighted by Crippen LogP contribution is -2.29. The zero-order valence-electron chi connectivity index (χ0n) is 14.0. The Morgan fingerprint density at radius 1 is 1.08 bits per heavy atom. The van der Waals surface area contributed by atoms with Crippen LogP contribution in [0.3, 0.4) is 0 Å². The minimum absolute atomic E-state index is 0.176. The van der Waals surface area contributed by atoms with Crippen LogP contribution in [0.1, 0.15) is 21.5 Å². The number of hydrogen-bond donors (Lipinski definition) is 3. The maximum absolute atomic E-state index is 12.1. The highest BCUT2D eigenvalue weighted by Crippen LogP contribution is 2.19. The molecule has 0 saturated carbocycles. The third kappa shape index (κ3) is 4.52. The minimum atomic E-state index is -0.305. The van der Waals surface area contributed by atoms with Crippen molar-refractivity contribution in [2.45, 2.75) is 18.4 Å². The van der Waals surface area contributed by atoms with Gasteiger partial charge in [0.15, 0.2) is 0 Å². The molecule has 0 aliphatic carbocycles. The van der Waals surface area contributed by atoms with Gasteiger partial charge in [-0.1, -0.05) is 18.2 Å². The van der Waals surface area contributed by atoms with Crippen LogP contribution in [0.5, 0.6) is 0 Å². The van der Waals surface area contributed by atoms with Crippen molar-refractivity contribution in [3.8, 4) is 0 Å². The molecule has 5 nitrogen and oxygen atoms in total. The first kappa shape index (κ1) is 17.9. The Balaban J connectivity index is 1.98. The lowest BCUT2D eigenvalue weighted by atomic mass is 10.1. The standard InChI is InChI=1S/C18H21N3O2S/c1-12-15(17(22)19-2)5-4-6-16(12)21-18(23)20-11-13-7-9-14(24-3)10-8-13/h4-10H,11H2,1-3H3,(H,19,22)(H2,20,21,23). The van der Waals surface area contributed by atoms with E-state index < -0.39 is 0 Å². The van der Waals surface area contributed by atoms with Crippen molar-refractivity contribution >= 4 is 29.4 Å². The van der Waals surface area contributed by atoms with Crippen LogP contribution in [0, 0.1) is 6.92 Å². The molecule has 0 atom stereocenters. The van der Waals surface area contributed by atoms with Crippen LogP contribution in [-0.2, 0) is 6.54 Å². The number of hydrogen-bond acceptors (Lipinski definition) is 3. The zero-order chi connectivity index (χ0) is 17.5. The van der Waals surface area contributed by atoms with Crippen molar-refractivity contribution in [1.82, 2.24) is 10.6 Å². The van der Waals surface area contributed by atoms with Crippen molar-refractivity contribution in [2.75, 3.05) is 18.6 Å². The van der Waals surface area contributed by atoms with Gasteiger partial charge in [0.1, 0.15) is 0 Å². The fraction of sp³-hybridized carbons (Fsp3) is 0.222. The van der Waals surface area contributed by atoms with Crippen LogP contribution < -0.4 is 16.0 Å². The third-order valence-corrected chi connectivity index (χ3v) is 4.41. The monoisotopic (exact) mass is 343 g/mol. The second kappa shape index (κ2) is 8.40. The number of carbonyl (C=O) groups excluding carboxylic acids is 2. The van der Waals surface area contributed by atoms with E-state index >= 15 is 0 Å². The van der Waals surface area contributed by atoms with Gasteiger partial charge < -0.3 is 16.0 Å². The predicted octanol–water partition coefficient (Wildman–Crippen LogP) is 3.40. The largest absolute Gasteiger partial charge is 0.355 e. The molecule has 3 amide bonds. The van der Waals surface area contributed by atoms with Crippen LogP contribution in [0.4, 0.5) is 10.5 Å². The van der Waals surface area contributed by atoms with Gasteiger partial charge in [0.2, 0.25) is 0 Å². The molecule has 0 bridgehead atoms. The molecule has 6 heteroatoms. The summed E-state index contributed by atoms with van der Waals surface area (Å²) in [5, 5.41) is 8.20. The molecule has 0 unspecified atom stereocenters. The molecule has 0 saturated heterocycles. The molecule has 0 radical (unpaired) electrons. The van der Waals surface area contributed by atoms with E-state index in [1.165, 1.54) is 4.90 Å². The summed E-state index contributed by atoms with van der Waals surface area (Å²) in [7, 11) is 1.58. The zero-order valence-corrected chi connectivity index (χ0v) is 14.8.